The molecule has 114 valence electrons. The molecular formula is C17H16ClNO2S. The highest BCUT2D eigenvalue weighted by Crippen LogP contribution is 2.26. The summed E-state index contributed by atoms with van der Waals surface area (Å²) >= 11 is 7.40. The van der Waals surface area contributed by atoms with Crippen molar-refractivity contribution >= 4 is 34.9 Å². The molecule has 5 heteroatoms. The summed E-state index contributed by atoms with van der Waals surface area (Å²) in [6.07, 6.45) is 4.38. The number of fused-ring (bicyclic) bond motifs is 1. The molecule has 0 N–H and O–H groups in total. The molecule has 0 unspecified atom stereocenters. The van der Waals surface area contributed by atoms with E-state index in [4.69, 9.17) is 16.3 Å². The lowest BCUT2D eigenvalue weighted by Crippen LogP contribution is -2.23. The van der Waals surface area contributed by atoms with Gasteiger partial charge in [-0.2, -0.15) is 0 Å². The fourth-order valence-corrected chi connectivity index (χ4v) is 3.49. The smallest absolute Gasteiger partial charge is 0.246 e. The van der Waals surface area contributed by atoms with Crippen LogP contribution in [-0.2, 0) is 17.8 Å². The van der Waals surface area contributed by atoms with Crippen molar-refractivity contribution in [3.8, 4) is 5.75 Å². The molecule has 22 heavy (non-hydrogen) atoms. The van der Waals surface area contributed by atoms with Gasteiger partial charge in [-0.15, -0.1) is 11.3 Å². The number of thiophene rings is 1. The van der Waals surface area contributed by atoms with E-state index in [2.05, 4.69) is 6.07 Å². The molecule has 0 fully saturated rings. The lowest BCUT2D eigenvalue weighted by molar-refractivity contribution is -0.125. The number of nitrogens with zero attached hydrogens (tertiary/aromatic N) is 1. The largest absolute Gasteiger partial charge is 0.493 e. The fraction of sp³-hybridized carbons (Fsp3) is 0.235. The topological polar surface area (TPSA) is 29.5 Å². The molecule has 0 aliphatic carbocycles. The van der Waals surface area contributed by atoms with Gasteiger partial charge in [0.25, 0.3) is 0 Å². The van der Waals surface area contributed by atoms with E-state index in [9.17, 15) is 4.79 Å². The number of carbonyl (C=O) groups is 1. The van der Waals surface area contributed by atoms with Gasteiger partial charge in [0.1, 0.15) is 5.75 Å². The van der Waals surface area contributed by atoms with Crippen molar-refractivity contribution in [2.24, 2.45) is 0 Å². The van der Waals surface area contributed by atoms with E-state index in [1.807, 2.05) is 30.3 Å². The Kier molecular flexibility index (Phi) is 4.50. The highest BCUT2D eigenvalue weighted by molar-refractivity contribution is 7.16. The van der Waals surface area contributed by atoms with Crippen molar-refractivity contribution in [1.29, 1.82) is 0 Å². The van der Waals surface area contributed by atoms with Crippen LogP contribution in [0.5, 0.6) is 5.75 Å². The maximum Gasteiger partial charge on any atom is 0.246 e. The monoisotopic (exact) mass is 333 g/mol. The molecule has 3 nitrogen and oxygen atoms in total. The van der Waals surface area contributed by atoms with Gasteiger partial charge >= 0.3 is 0 Å². The minimum absolute atomic E-state index is 0.0266. The Morgan fingerprint density at radius 1 is 1.41 bits per heavy atom. The molecule has 0 bridgehead atoms. The van der Waals surface area contributed by atoms with Crippen molar-refractivity contribution < 1.29 is 9.53 Å². The number of benzene rings is 1. The van der Waals surface area contributed by atoms with E-state index in [1.54, 1.807) is 18.0 Å². The molecule has 2 aromatic rings. The molecular weight excluding hydrogens is 318 g/mol. The molecule has 1 aromatic heterocycles. The summed E-state index contributed by atoms with van der Waals surface area (Å²) in [5, 5.41) is 0. The zero-order valence-electron chi connectivity index (χ0n) is 12.2. The van der Waals surface area contributed by atoms with Gasteiger partial charge in [0.15, 0.2) is 0 Å². The van der Waals surface area contributed by atoms with Crippen molar-refractivity contribution in [2.45, 2.75) is 13.0 Å². The summed E-state index contributed by atoms with van der Waals surface area (Å²) in [4.78, 5) is 14.9. The van der Waals surface area contributed by atoms with Gasteiger partial charge in [-0.3, -0.25) is 4.79 Å². The number of carbonyl (C=O) groups excluding carboxylic acids is 1. The number of hydrogen-bond acceptors (Lipinski definition) is 3. The molecule has 0 atom stereocenters. The predicted molar refractivity (Wildman–Crippen MR) is 90.5 cm³/mol. The number of halogens is 1. The minimum atomic E-state index is -0.0266. The molecule has 1 amide bonds. The van der Waals surface area contributed by atoms with Crippen LogP contribution in [0.2, 0.25) is 4.34 Å². The van der Waals surface area contributed by atoms with Crippen LogP contribution in [0.3, 0.4) is 0 Å². The van der Waals surface area contributed by atoms with Crippen LogP contribution in [0.1, 0.15) is 16.0 Å². The summed E-state index contributed by atoms with van der Waals surface area (Å²) in [6.45, 7) is 1.31. The van der Waals surface area contributed by atoms with Crippen LogP contribution in [0, 0.1) is 0 Å². The number of ether oxygens (including phenoxy) is 1. The molecule has 1 aliphatic rings. The molecule has 3 rings (SSSR count). The van der Waals surface area contributed by atoms with Gasteiger partial charge < -0.3 is 9.64 Å². The highest BCUT2D eigenvalue weighted by Gasteiger charge is 2.11. The minimum Gasteiger partial charge on any atom is -0.493 e. The standard InChI is InChI=1S/C17H16ClNO2S/c1-19(11-14-4-6-16(18)22-14)17(20)7-3-12-2-5-15-13(10-12)8-9-21-15/h2-7,10H,8-9,11H2,1H3/b7-3+. The molecule has 0 saturated heterocycles. The first-order valence-electron chi connectivity index (χ1n) is 7.05. The molecule has 1 aliphatic heterocycles. The van der Waals surface area contributed by atoms with E-state index in [0.29, 0.717) is 6.54 Å². The first-order chi connectivity index (χ1) is 10.6. The van der Waals surface area contributed by atoms with Gasteiger partial charge in [-0.1, -0.05) is 17.7 Å². The second-order valence-corrected chi connectivity index (χ2v) is 7.00. The van der Waals surface area contributed by atoms with Gasteiger partial charge in [0, 0.05) is 24.4 Å². The SMILES string of the molecule is CN(Cc1ccc(Cl)s1)C(=O)/C=C/c1ccc2c(c1)CCO2. The predicted octanol–water partition coefficient (Wildman–Crippen LogP) is 4.01. The first-order valence-corrected chi connectivity index (χ1v) is 8.24. The Morgan fingerprint density at radius 2 is 2.27 bits per heavy atom. The third kappa shape index (κ3) is 3.51. The van der Waals surface area contributed by atoms with Gasteiger partial charge in [-0.25, -0.2) is 0 Å². The Hall–Kier alpha value is -1.78. The normalized spacial score (nSPS) is 13.2. The number of rotatable bonds is 4. The third-order valence-corrected chi connectivity index (χ3v) is 4.75. The van der Waals surface area contributed by atoms with Gasteiger partial charge in [0.2, 0.25) is 5.91 Å². The third-order valence-electron chi connectivity index (χ3n) is 3.53. The summed E-state index contributed by atoms with van der Waals surface area (Å²) in [5.41, 5.74) is 2.22. The summed E-state index contributed by atoms with van der Waals surface area (Å²) in [7, 11) is 1.79. The Balaban J connectivity index is 1.63. The lowest BCUT2D eigenvalue weighted by Gasteiger charge is -2.13. The van der Waals surface area contributed by atoms with E-state index >= 15 is 0 Å². The Bertz CT molecular complexity index is 723. The summed E-state index contributed by atoms with van der Waals surface area (Å²) in [5.74, 6) is 0.927. The maximum absolute atomic E-state index is 12.1. The molecule has 1 aromatic carbocycles. The zero-order chi connectivity index (χ0) is 15.5. The molecule has 0 radical (unpaired) electrons. The number of hydrogen-bond donors (Lipinski definition) is 0. The zero-order valence-corrected chi connectivity index (χ0v) is 13.8. The van der Waals surface area contributed by atoms with Crippen molar-refractivity contribution in [3.63, 3.8) is 0 Å². The van der Waals surface area contributed by atoms with E-state index in [-0.39, 0.29) is 5.91 Å². The van der Waals surface area contributed by atoms with Crippen LogP contribution in [-0.4, -0.2) is 24.5 Å². The van der Waals surface area contributed by atoms with Crippen molar-refractivity contribution in [3.05, 3.63) is 56.7 Å². The Labute approximate surface area is 138 Å². The molecule has 0 saturated carbocycles. The van der Waals surface area contributed by atoms with Crippen molar-refractivity contribution in [2.75, 3.05) is 13.7 Å². The molecule has 0 spiro atoms. The second kappa shape index (κ2) is 6.55. The van der Waals surface area contributed by atoms with E-state index < -0.39 is 0 Å². The Morgan fingerprint density at radius 3 is 3.05 bits per heavy atom. The van der Waals surface area contributed by atoms with E-state index in [1.165, 1.54) is 16.9 Å². The molecule has 2 heterocycles. The van der Waals surface area contributed by atoms with Crippen LogP contribution in [0.25, 0.3) is 6.08 Å². The van der Waals surface area contributed by atoms with Crippen LogP contribution >= 0.6 is 22.9 Å². The summed E-state index contributed by atoms with van der Waals surface area (Å²) < 4.78 is 6.22. The highest BCUT2D eigenvalue weighted by atomic mass is 35.5. The van der Waals surface area contributed by atoms with Crippen LogP contribution < -0.4 is 4.74 Å². The fourth-order valence-electron chi connectivity index (χ4n) is 2.35. The first kappa shape index (κ1) is 15.1. The average Bonchev–Trinajstić information content (AvgIpc) is 3.12. The number of likely N-dealkylation sites (N-methyl/N-ethyl adjacent to an activating group) is 1. The van der Waals surface area contributed by atoms with Crippen LogP contribution in [0.15, 0.2) is 36.4 Å². The lowest BCUT2D eigenvalue weighted by atomic mass is 10.1. The van der Waals surface area contributed by atoms with Crippen molar-refractivity contribution in [1.82, 2.24) is 4.90 Å². The number of amides is 1. The van der Waals surface area contributed by atoms with Gasteiger partial charge in [0.05, 0.1) is 17.5 Å². The summed E-state index contributed by atoms with van der Waals surface area (Å²) in [6, 6.07) is 9.80. The van der Waals surface area contributed by atoms with Crippen LogP contribution in [0.4, 0.5) is 0 Å². The average molecular weight is 334 g/mol. The van der Waals surface area contributed by atoms with Gasteiger partial charge in [-0.05, 0) is 41.5 Å². The quantitative estimate of drug-likeness (QED) is 0.791. The second-order valence-electron chi connectivity index (χ2n) is 5.20. The maximum atomic E-state index is 12.1. The van der Waals surface area contributed by atoms with E-state index in [0.717, 1.165) is 33.6 Å².